The van der Waals surface area contributed by atoms with E-state index in [0.29, 0.717) is 11.3 Å². The van der Waals surface area contributed by atoms with Crippen LogP contribution in [-0.2, 0) is 9.59 Å². The maximum atomic E-state index is 12.1. The molecule has 0 aliphatic heterocycles. The van der Waals surface area contributed by atoms with Crippen LogP contribution in [0.15, 0.2) is 66.8 Å². The van der Waals surface area contributed by atoms with Crippen LogP contribution in [0.1, 0.15) is 16.7 Å². The Hall–Kier alpha value is -4.11. The van der Waals surface area contributed by atoms with Gasteiger partial charge in [-0.3, -0.25) is 4.79 Å². The van der Waals surface area contributed by atoms with Crippen molar-refractivity contribution in [1.29, 1.82) is 5.26 Å². The number of hydrogen-bond acceptors (Lipinski definition) is 5. The SMILES string of the molecule is C=CCNC(=O)/C(C#N)=C/c1ccc(OC(=O)/C=C/c2ccc(C)cc2)c(OC)c1. The van der Waals surface area contributed by atoms with E-state index in [9.17, 15) is 14.9 Å². The summed E-state index contributed by atoms with van der Waals surface area (Å²) in [7, 11) is 1.43. The van der Waals surface area contributed by atoms with E-state index in [0.717, 1.165) is 11.1 Å². The van der Waals surface area contributed by atoms with E-state index in [1.807, 2.05) is 37.3 Å². The summed E-state index contributed by atoms with van der Waals surface area (Å²) < 4.78 is 10.6. The van der Waals surface area contributed by atoms with Crippen molar-refractivity contribution in [2.24, 2.45) is 0 Å². The molecule has 2 rings (SSSR count). The molecule has 0 radical (unpaired) electrons. The van der Waals surface area contributed by atoms with Crippen LogP contribution in [0.4, 0.5) is 0 Å². The molecule has 30 heavy (non-hydrogen) atoms. The van der Waals surface area contributed by atoms with Crippen LogP contribution in [0.5, 0.6) is 11.5 Å². The number of hydrogen-bond donors (Lipinski definition) is 1. The second kappa shape index (κ2) is 11.0. The Morgan fingerprint density at radius 1 is 1.13 bits per heavy atom. The number of nitriles is 1. The van der Waals surface area contributed by atoms with Crippen molar-refractivity contribution in [2.45, 2.75) is 6.92 Å². The lowest BCUT2D eigenvalue weighted by atomic mass is 10.1. The second-order valence-electron chi connectivity index (χ2n) is 6.24. The third-order valence-electron chi connectivity index (χ3n) is 3.97. The summed E-state index contributed by atoms with van der Waals surface area (Å²) in [4.78, 5) is 24.1. The molecule has 0 bridgehead atoms. The normalized spacial score (nSPS) is 10.9. The summed E-state index contributed by atoms with van der Waals surface area (Å²) in [5.41, 5.74) is 2.49. The molecule has 2 aromatic rings. The van der Waals surface area contributed by atoms with Gasteiger partial charge in [-0.25, -0.2) is 4.79 Å². The van der Waals surface area contributed by atoms with Crippen LogP contribution in [0.25, 0.3) is 12.2 Å². The van der Waals surface area contributed by atoms with E-state index in [4.69, 9.17) is 9.47 Å². The van der Waals surface area contributed by atoms with Crippen LogP contribution in [0.2, 0.25) is 0 Å². The Balaban J connectivity index is 2.14. The highest BCUT2D eigenvalue weighted by Crippen LogP contribution is 2.29. The minimum Gasteiger partial charge on any atom is -0.493 e. The predicted octanol–water partition coefficient (Wildman–Crippen LogP) is 3.83. The molecule has 2 aromatic carbocycles. The standard InChI is InChI=1S/C24H22N2O4/c1-4-13-26-24(28)20(16-25)14-19-9-11-21(22(15-19)29-3)30-23(27)12-10-18-7-5-17(2)6-8-18/h4-12,14-15H,1,13H2,2-3H3,(H,26,28)/b12-10+,20-14+. The summed E-state index contributed by atoms with van der Waals surface area (Å²) >= 11 is 0. The number of esters is 1. The van der Waals surface area contributed by atoms with Crippen LogP contribution in [0.3, 0.4) is 0 Å². The molecule has 6 nitrogen and oxygen atoms in total. The summed E-state index contributed by atoms with van der Waals surface area (Å²) in [6.07, 6.45) is 5.93. The predicted molar refractivity (Wildman–Crippen MR) is 116 cm³/mol. The zero-order valence-corrected chi connectivity index (χ0v) is 16.8. The van der Waals surface area contributed by atoms with Gasteiger partial charge in [0.25, 0.3) is 5.91 Å². The zero-order chi connectivity index (χ0) is 21.9. The molecule has 0 aliphatic rings. The Labute approximate surface area is 175 Å². The van der Waals surface area contributed by atoms with Crippen molar-refractivity contribution in [2.75, 3.05) is 13.7 Å². The Kier molecular flexibility index (Phi) is 8.15. The van der Waals surface area contributed by atoms with Gasteiger partial charge in [0.15, 0.2) is 11.5 Å². The van der Waals surface area contributed by atoms with Crippen molar-refractivity contribution >= 4 is 24.0 Å². The largest absolute Gasteiger partial charge is 0.493 e. The number of nitrogens with zero attached hydrogens (tertiary/aromatic N) is 1. The fourth-order valence-corrected chi connectivity index (χ4v) is 2.42. The van der Waals surface area contributed by atoms with Crippen LogP contribution in [-0.4, -0.2) is 25.5 Å². The molecule has 0 aromatic heterocycles. The summed E-state index contributed by atoms with van der Waals surface area (Å²) in [5.74, 6) is -0.542. The first kappa shape index (κ1) is 22.2. The average Bonchev–Trinajstić information content (AvgIpc) is 2.76. The maximum absolute atomic E-state index is 12.1. The fourth-order valence-electron chi connectivity index (χ4n) is 2.42. The lowest BCUT2D eigenvalue weighted by Crippen LogP contribution is -2.24. The summed E-state index contributed by atoms with van der Waals surface area (Å²) in [6, 6.07) is 14.3. The monoisotopic (exact) mass is 402 g/mol. The first-order chi connectivity index (χ1) is 14.5. The Bertz CT molecular complexity index is 1030. The molecule has 0 atom stereocenters. The molecular formula is C24H22N2O4. The quantitative estimate of drug-likeness (QED) is 0.238. The van der Waals surface area contributed by atoms with Gasteiger partial charge in [0.2, 0.25) is 0 Å². The minimum atomic E-state index is -0.557. The van der Waals surface area contributed by atoms with Crippen molar-refractivity contribution in [3.05, 3.63) is 83.5 Å². The second-order valence-corrected chi connectivity index (χ2v) is 6.24. The van der Waals surface area contributed by atoms with Gasteiger partial charge in [0.05, 0.1) is 7.11 Å². The van der Waals surface area contributed by atoms with E-state index in [1.54, 1.807) is 24.3 Å². The third-order valence-corrected chi connectivity index (χ3v) is 3.97. The Morgan fingerprint density at radius 3 is 2.47 bits per heavy atom. The molecule has 0 aliphatic carbocycles. The number of methoxy groups -OCH3 is 1. The van der Waals surface area contributed by atoms with Crippen molar-refractivity contribution < 1.29 is 19.1 Å². The van der Waals surface area contributed by atoms with Crippen LogP contribution in [0, 0.1) is 18.3 Å². The van der Waals surface area contributed by atoms with Crippen molar-refractivity contribution in [3.63, 3.8) is 0 Å². The molecule has 1 amide bonds. The number of rotatable bonds is 8. The van der Waals surface area contributed by atoms with E-state index >= 15 is 0 Å². The van der Waals surface area contributed by atoms with E-state index in [2.05, 4.69) is 11.9 Å². The van der Waals surface area contributed by atoms with Gasteiger partial charge in [-0.05, 0) is 42.3 Å². The van der Waals surface area contributed by atoms with E-state index < -0.39 is 11.9 Å². The van der Waals surface area contributed by atoms with Gasteiger partial charge < -0.3 is 14.8 Å². The Morgan fingerprint density at radius 2 is 1.83 bits per heavy atom. The third kappa shape index (κ3) is 6.50. The van der Waals surface area contributed by atoms with Gasteiger partial charge in [-0.15, -0.1) is 6.58 Å². The van der Waals surface area contributed by atoms with Gasteiger partial charge in [-0.1, -0.05) is 42.0 Å². The van der Waals surface area contributed by atoms with Crippen molar-refractivity contribution in [1.82, 2.24) is 5.32 Å². The number of carbonyl (C=O) groups excluding carboxylic acids is 2. The number of amides is 1. The summed E-state index contributed by atoms with van der Waals surface area (Å²) in [6.45, 7) is 5.75. The van der Waals surface area contributed by atoms with Crippen LogP contribution < -0.4 is 14.8 Å². The number of ether oxygens (including phenoxy) is 2. The molecule has 0 fully saturated rings. The average molecular weight is 402 g/mol. The fraction of sp³-hybridized carbons (Fsp3) is 0.125. The molecule has 0 heterocycles. The number of aryl methyl sites for hydroxylation is 1. The molecule has 0 unspecified atom stereocenters. The maximum Gasteiger partial charge on any atom is 0.336 e. The highest BCUT2D eigenvalue weighted by atomic mass is 16.6. The first-order valence-electron chi connectivity index (χ1n) is 9.12. The molecule has 0 spiro atoms. The topological polar surface area (TPSA) is 88.4 Å². The number of nitrogens with one attached hydrogen (secondary N) is 1. The highest BCUT2D eigenvalue weighted by Gasteiger charge is 2.11. The van der Waals surface area contributed by atoms with Crippen LogP contribution >= 0.6 is 0 Å². The molecule has 1 N–H and O–H groups in total. The number of carbonyl (C=O) groups is 2. The van der Waals surface area contributed by atoms with Crippen molar-refractivity contribution in [3.8, 4) is 17.6 Å². The lowest BCUT2D eigenvalue weighted by Gasteiger charge is -2.09. The molecule has 6 heteroatoms. The van der Waals surface area contributed by atoms with Gasteiger partial charge in [0.1, 0.15) is 11.6 Å². The minimum absolute atomic E-state index is 0.0651. The summed E-state index contributed by atoms with van der Waals surface area (Å²) in [5, 5.41) is 11.8. The number of benzene rings is 2. The van der Waals surface area contributed by atoms with Gasteiger partial charge >= 0.3 is 5.97 Å². The first-order valence-corrected chi connectivity index (χ1v) is 9.12. The molecular weight excluding hydrogens is 380 g/mol. The van der Waals surface area contributed by atoms with E-state index in [-0.39, 0.29) is 17.9 Å². The van der Waals surface area contributed by atoms with Gasteiger partial charge in [-0.2, -0.15) is 5.26 Å². The zero-order valence-electron chi connectivity index (χ0n) is 16.8. The molecule has 0 saturated heterocycles. The lowest BCUT2D eigenvalue weighted by molar-refractivity contribution is -0.129. The highest BCUT2D eigenvalue weighted by molar-refractivity contribution is 6.01. The smallest absolute Gasteiger partial charge is 0.336 e. The van der Waals surface area contributed by atoms with Gasteiger partial charge in [0, 0.05) is 12.6 Å². The molecule has 152 valence electrons. The van der Waals surface area contributed by atoms with E-state index in [1.165, 1.54) is 25.3 Å². The molecule has 0 saturated carbocycles.